The maximum absolute atomic E-state index is 11.0. The monoisotopic (exact) mass is 194 g/mol. The molecule has 0 spiro atoms. The number of rotatable bonds is 3. The van der Waals surface area contributed by atoms with Crippen LogP contribution in [0.5, 0.6) is 5.75 Å². The summed E-state index contributed by atoms with van der Waals surface area (Å²) < 4.78 is 0. The topological polar surface area (TPSA) is 75.4 Å². The fraction of sp³-hybridized carbons (Fsp3) is 0.300. The normalized spacial score (nSPS) is 12.1. The Hall–Kier alpha value is -1.55. The first-order valence-corrected chi connectivity index (χ1v) is 4.42. The second-order valence-corrected chi connectivity index (χ2v) is 3.09. The average Bonchev–Trinajstić information content (AvgIpc) is 2.17. The van der Waals surface area contributed by atoms with Gasteiger partial charge in [0.05, 0.1) is 12.6 Å². The van der Waals surface area contributed by atoms with Crippen LogP contribution >= 0.6 is 0 Å². The van der Waals surface area contributed by atoms with Crippen LogP contribution in [0.2, 0.25) is 0 Å². The highest BCUT2D eigenvalue weighted by Crippen LogP contribution is 2.17. The summed E-state index contributed by atoms with van der Waals surface area (Å²) in [5, 5.41) is 11.9. The molecule has 0 radical (unpaired) electrons. The van der Waals surface area contributed by atoms with E-state index in [0.717, 1.165) is 5.56 Å². The van der Waals surface area contributed by atoms with Gasteiger partial charge in [-0.3, -0.25) is 4.79 Å². The highest BCUT2D eigenvalue weighted by Gasteiger charge is 2.07. The second kappa shape index (κ2) is 4.62. The van der Waals surface area contributed by atoms with E-state index in [0.29, 0.717) is 0 Å². The van der Waals surface area contributed by atoms with Gasteiger partial charge >= 0.3 is 0 Å². The number of amides is 1. The first-order valence-electron chi connectivity index (χ1n) is 4.42. The van der Waals surface area contributed by atoms with E-state index in [1.165, 1.54) is 0 Å². The SMILES string of the molecule is CC(NC(=O)CN)c1cccc(O)c1. The highest BCUT2D eigenvalue weighted by atomic mass is 16.3. The van der Waals surface area contributed by atoms with Crippen molar-refractivity contribution in [3.05, 3.63) is 29.8 Å². The van der Waals surface area contributed by atoms with E-state index < -0.39 is 0 Å². The van der Waals surface area contributed by atoms with Crippen molar-refractivity contribution in [3.8, 4) is 5.75 Å². The van der Waals surface area contributed by atoms with Crippen molar-refractivity contribution in [1.82, 2.24) is 5.32 Å². The molecule has 4 nitrogen and oxygen atoms in total. The molecule has 0 aliphatic heterocycles. The maximum atomic E-state index is 11.0. The van der Waals surface area contributed by atoms with Gasteiger partial charge in [0.15, 0.2) is 0 Å². The van der Waals surface area contributed by atoms with Crippen molar-refractivity contribution in [2.75, 3.05) is 6.54 Å². The molecule has 0 saturated heterocycles. The molecule has 0 saturated carbocycles. The largest absolute Gasteiger partial charge is 0.508 e. The molecule has 4 heteroatoms. The summed E-state index contributed by atoms with van der Waals surface area (Å²) in [6.45, 7) is 1.81. The molecule has 14 heavy (non-hydrogen) atoms. The van der Waals surface area contributed by atoms with Crippen molar-refractivity contribution >= 4 is 5.91 Å². The summed E-state index contributed by atoms with van der Waals surface area (Å²) in [5.74, 6) is -0.0165. The number of carbonyl (C=O) groups is 1. The summed E-state index contributed by atoms with van der Waals surface area (Å²) >= 11 is 0. The molecule has 0 aliphatic rings. The predicted octanol–water partition coefficient (Wildman–Crippen LogP) is 0.528. The van der Waals surface area contributed by atoms with Crippen molar-refractivity contribution < 1.29 is 9.90 Å². The zero-order valence-electron chi connectivity index (χ0n) is 8.03. The molecular weight excluding hydrogens is 180 g/mol. The molecule has 0 bridgehead atoms. The zero-order valence-corrected chi connectivity index (χ0v) is 8.03. The van der Waals surface area contributed by atoms with Gasteiger partial charge in [-0.15, -0.1) is 0 Å². The van der Waals surface area contributed by atoms with E-state index in [1.54, 1.807) is 18.2 Å². The maximum Gasteiger partial charge on any atom is 0.234 e. The fourth-order valence-corrected chi connectivity index (χ4v) is 1.18. The van der Waals surface area contributed by atoms with Gasteiger partial charge in [0, 0.05) is 0 Å². The standard InChI is InChI=1S/C10H14N2O2/c1-7(12-10(14)6-11)8-3-2-4-9(13)5-8/h2-5,7,13H,6,11H2,1H3,(H,12,14). The van der Waals surface area contributed by atoms with Crippen LogP contribution in [0.4, 0.5) is 0 Å². The highest BCUT2D eigenvalue weighted by molar-refractivity contribution is 5.78. The molecule has 1 atom stereocenters. The van der Waals surface area contributed by atoms with E-state index in [4.69, 9.17) is 5.73 Å². The van der Waals surface area contributed by atoms with E-state index in [9.17, 15) is 9.90 Å². The van der Waals surface area contributed by atoms with Crippen LogP contribution in [-0.4, -0.2) is 17.6 Å². The van der Waals surface area contributed by atoms with Crippen molar-refractivity contribution in [2.45, 2.75) is 13.0 Å². The molecular formula is C10H14N2O2. The fourth-order valence-electron chi connectivity index (χ4n) is 1.18. The molecule has 1 amide bonds. The lowest BCUT2D eigenvalue weighted by molar-refractivity contribution is -0.120. The van der Waals surface area contributed by atoms with E-state index >= 15 is 0 Å². The van der Waals surface area contributed by atoms with Gasteiger partial charge in [0.25, 0.3) is 0 Å². The number of nitrogens with two attached hydrogens (primary N) is 1. The molecule has 1 aromatic carbocycles. The number of hydrogen-bond donors (Lipinski definition) is 3. The summed E-state index contributed by atoms with van der Waals surface area (Å²) in [6.07, 6.45) is 0. The molecule has 1 unspecified atom stereocenters. The van der Waals surface area contributed by atoms with Crippen LogP contribution in [0, 0.1) is 0 Å². The molecule has 76 valence electrons. The summed E-state index contributed by atoms with van der Waals surface area (Å²) in [6, 6.07) is 6.62. The minimum Gasteiger partial charge on any atom is -0.508 e. The number of aromatic hydroxyl groups is 1. The molecule has 0 aliphatic carbocycles. The Balaban J connectivity index is 2.69. The summed E-state index contributed by atoms with van der Waals surface area (Å²) in [5.41, 5.74) is 6.02. The van der Waals surface area contributed by atoms with Crippen LogP contribution < -0.4 is 11.1 Å². The van der Waals surface area contributed by atoms with Gasteiger partial charge in [0.2, 0.25) is 5.91 Å². The Morgan fingerprint density at radius 1 is 1.64 bits per heavy atom. The summed E-state index contributed by atoms with van der Waals surface area (Å²) in [7, 11) is 0. The quantitative estimate of drug-likeness (QED) is 0.657. The van der Waals surface area contributed by atoms with Crippen LogP contribution in [0.1, 0.15) is 18.5 Å². The first-order chi connectivity index (χ1) is 6.63. The third-order valence-corrected chi connectivity index (χ3v) is 1.93. The van der Waals surface area contributed by atoms with Crippen LogP contribution in [0.3, 0.4) is 0 Å². The lowest BCUT2D eigenvalue weighted by atomic mass is 10.1. The van der Waals surface area contributed by atoms with Gasteiger partial charge < -0.3 is 16.2 Å². The minimum atomic E-state index is -0.208. The molecule has 4 N–H and O–H groups in total. The van der Waals surface area contributed by atoms with Gasteiger partial charge in [-0.05, 0) is 24.6 Å². The van der Waals surface area contributed by atoms with Gasteiger partial charge in [-0.25, -0.2) is 0 Å². The lowest BCUT2D eigenvalue weighted by Gasteiger charge is -2.13. The van der Waals surface area contributed by atoms with Crippen LogP contribution in [0.15, 0.2) is 24.3 Å². The van der Waals surface area contributed by atoms with Crippen LogP contribution in [-0.2, 0) is 4.79 Å². The predicted molar refractivity (Wildman–Crippen MR) is 53.7 cm³/mol. The molecule has 1 aromatic rings. The number of phenolic OH excluding ortho intramolecular Hbond substituents is 1. The Labute approximate surface area is 82.7 Å². The number of nitrogens with one attached hydrogen (secondary N) is 1. The molecule has 0 heterocycles. The summed E-state index contributed by atoms with van der Waals surface area (Å²) in [4.78, 5) is 11.0. The Morgan fingerprint density at radius 2 is 2.36 bits per heavy atom. The van der Waals surface area contributed by atoms with Crippen molar-refractivity contribution in [1.29, 1.82) is 0 Å². The number of phenols is 1. The Bertz CT molecular complexity index is 326. The third kappa shape index (κ3) is 2.74. The zero-order chi connectivity index (χ0) is 10.6. The molecule has 1 rings (SSSR count). The second-order valence-electron chi connectivity index (χ2n) is 3.09. The minimum absolute atomic E-state index is 0.0246. The van der Waals surface area contributed by atoms with Gasteiger partial charge in [0.1, 0.15) is 5.75 Å². The third-order valence-electron chi connectivity index (χ3n) is 1.93. The van der Waals surface area contributed by atoms with Gasteiger partial charge in [-0.2, -0.15) is 0 Å². The van der Waals surface area contributed by atoms with E-state index in [1.807, 2.05) is 13.0 Å². The van der Waals surface area contributed by atoms with Crippen molar-refractivity contribution in [3.63, 3.8) is 0 Å². The van der Waals surface area contributed by atoms with E-state index in [-0.39, 0.29) is 24.2 Å². The lowest BCUT2D eigenvalue weighted by Crippen LogP contribution is -2.32. The van der Waals surface area contributed by atoms with Crippen molar-refractivity contribution in [2.24, 2.45) is 5.73 Å². The molecule has 0 fully saturated rings. The van der Waals surface area contributed by atoms with Gasteiger partial charge in [-0.1, -0.05) is 12.1 Å². The average molecular weight is 194 g/mol. The van der Waals surface area contributed by atoms with E-state index in [2.05, 4.69) is 5.32 Å². The first kappa shape index (κ1) is 10.5. The Kier molecular flexibility index (Phi) is 3.48. The Morgan fingerprint density at radius 3 is 2.93 bits per heavy atom. The molecule has 0 aromatic heterocycles. The number of carbonyl (C=O) groups excluding carboxylic acids is 1. The smallest absolute Gasteiger partial charge is 0.234 e. The number of hydrogen-bond acceptors (Lipinski definition) is 3. The van der Waals surface area contributed by atoms with Crippen LogP contribution in [0.25, 0.3) is 0 Å². The number of benzene rings is 1.